The van der Waals surface area contributed by atoms with Crippen LogP contribution < -0.4 is 14.8 Å². The van der Waals surface area contributed by atoms with Gasteiger partial charge in [-0.05, 0) is 24.3 Å². The van der Waals surface area contributed by atoms with Crippen LogP contribution in [0.1, 0.15) is 0 Å². The van der Waals surface area contributed by atoms with Gasteiger partial charge >= 0.3 is 5.97 Å². The molecule has 2 rings (SSSR count). The van der Waals surface area contributed by atoms with Gasteiger partial charge in [0.1, 0.15) is 11.5 Å². The molecule has 1 unspecified atom stereocenters. The van der Waals surface area contributed by atoms with E-state index >= 15 is 0 Å². The zero-order chi connectivity index (χ0) is 11.4. The monoisotopic (exact) mass is 239 g/mol. The van der Waals surface area contributed by atoms with Crippen LogP contribution in [0.15, 0.2) is 24.3 Å². The Bertz CT molecular complexity index is 360. The Morgan fingerprint density at radius 3 is 2.62 bits per heavy atom. The number of benzene rings is 1. The fourth-order valence-electron chi connectivity index (χ4n) is 1.39. The van der Waals surface area contributed by atoms with Crippen molar-refractivity contribution in [1.82, 2.24) is 5.32 Å². The van der Waals surface area contributed by atoms with Gasteiger partial charge in [-0.3, -0.25) is 5.32 Å². The van der Waals surface area contributed by atoms with Gasteiger partial charge in [-0.25, -0.2) is 4.79 Å². The van der Waals surface area contributed by atoms with Crippen molar-refractivity contribution in [2.24, 2.45) is 0 Å². The van der Waals surface area contributed by atoms with E-state index in [4.69, 9.17) is 9.47 Å². The largest absolute Gasteiger partial charge is 0.497 e. The molecule has 1 heterocycles. The van der Waals surface area contributed by atoms with Crippen molar-refractivity contribution in [2.45, 2.75) is 5.37 Å². The molecule has 0 radical (unpaired) electrons. The Morgan fingerprint density at radius 2 is 2.06 bits per heavy atom. The minimum atomic E-state index is -0.243. The number of ether oxygens (including phenoxy) is 2. The first-order chi connectivity index (χ1) is 7.79. The summed E-state index contributed by atoms with van der Waals surface area (Å²) >= 11 is 1.57. The molecule has 0 aromatic heterocycles. The Hall–Kier alpha value is -1.20. The summed E-state index contributed by atoms with van der Waals surface area (Å²) in [5.74, 6) is 1.99. The van der Waals surface area contributed by atoms with Crippen molar-refractivity contribution >= 4 is 17.7 Å². The van der Waals surface area contributed by atoms with Crippen LogP contribution in [0.3, 0.4) is 0 Å². The molecule has 1 fully saturated rings. The van der Waals surface area contributed by atoms with Crippen LogP contribution >= 0.6 is 11.8 Å². The third kappa shape index (κ3) is 2.68. The summed E-state index contributed by atoms with van der Waals surface area (Å²) in [6.45, 7) is 0.854. The molecule has 1 aliphatic heterocycles. The molecule has 1 saturated heterocycles. The van der Waals surface area contributed by atoms with Crippen molar-refractivity contribution in [3.05, 3.63) is 24.3 Å². The van der Waals surface area contributed by atoms with Crippen LogP contribution in [0.2, 0.25) is 0 Å². The first-order valence-electron chi connectivity index (χ1n) is 5.00. The van der Waals surface area contributed by atoms with E-state index in [-0.39, 0.29) is 11.3 Å². The van der Waals surface area contributed by atoms with Crippen LogP contribution in [0, 0.1) is 0 Å². The highest BCUT2D eigenvalue weighted by atomic mass is 32.2. The molecule has 0 spiro atoms. The highest BCUT2D eigenvalue weighted by Gasteiger charge is 2.24. The van der Waals surface area contributed by atoms with Gasteiger partial charge in [-0.2, -0.15) is 0 Å². The zero-order valence-electron chi connectivity index (χ0n) is 8.93. The predicted octanol–water partition coefficient (Wildman–Crippen LogP) is 1.26. The number of hydrogen-bond donors (Lipinski definition) is 1. The number of nitrogens with one attached hydrogen (secondary N) is 1. The van der Waals surface area contributed by atoms with Crippen LogP contribution in [0.4, 0.5) is 0 Å². The molecule has 1 N–H and O–H groups in total. The third-order valence-electron chi connectivity index (χ3n) is 2.21. The molecule has 0 saturated carbocycles. The van der Waals surface area contributed by atoms with Gasteiger partial charge in [-0.15, -0.1) is 11.8 Å². The van der Waals surface area contributed by atoms with Crippen LogP contribution in [0.5, 0.6) is 11.5 Å². The van der Waals surface area contributed by atoms with Gasteiger partial charge in [0.2, 0.25) is 0 Å². The van der Waals surface area contributed by atoms with Crippen molar-refractivity contribution in [3.8, 4) is 11.5 Å². The lowest BCUT2D eigenvalue weighted by Crippen LogP contribution is -2.32. The van der Waals surface area contributed by atoms with Crippen molar-refractivity contribution in [1.29, 1.82) is 0 Å². The number of hydrogen-bond acceptors (Lipinski definition) is 5. The van der Waals surface area contributed by atoms with Crippen molar-refractivity contribution in [2.75, 3.05) is 19.4 Å². The van der Waals surface area contributed by atoms with Gasteiger partial charge in [0.25, 0.3) is 0 Å². The minimum Gasteiger partial charge on any atom is -0.497 e. The number of methoxy groups -OCH3 is 1. The molecule has 1 aromatic carbocycles. The van der Waals surface area contributed by atoms with Crippen LogP contribution in [-0.2, 0) is 4.79 Å². The van der Waals surface area contributed by atoms with Gasteiger partial charge in [-0.1, -0.05) is 0 Å². The number of carbonyl (C=O) groups excluding carboxylic acids is 1. The molecule has 86 valence electrons. The molecule has 5 heteroatoms. The molecule has 0 amide bonds. The topological polar surface area (TPSA) is 47.6 Å². The Morgan fingerprint density at radius 1 is 1.38 bits per heavy atom. The number of thioether (sulfide) groups is 1. The Labute approximate surface area is 98.3 Å². The lowest BCUT2D eigenvalue weighted by molar-refractivity contribution is -0.134. The minimum absolute atomic E-state index is 0.234. The van der Waals surface area contributed by atoms with Gasteiger partial charge in [0.15, 0.2) is 5.37 Å². The second kappa shape index (κ2) is 5.23. The van der Waals surface area contributed by atoms with Crippen molar-refractivity contribution < 1.29 is 14.3 Å². The summed E-state index contributed by atoms with van der Waals surface area (Å²) in [5, 5.41) is 2.83. The van der Waals surface area contributed by atoms with Crippen LogP contribution in [-0.4, -0.2) is 30.8 Å². The maximum Gasteiger partial charge on any atom is 0.339 e. The molecule has 1 aliphatic rings. The lowest BCUT2D eigenvalue weighted by Gasteiger charge is -2.09. The van der Waals surface area contributed by atoms with E-state index in [9.17, 15) is 4.79 Å². The van der Waals surface area contributed by atoms with Crippen molar-refractivity contribution in [3.63, 3.8) is 0 Å². The molecule has 0 bridgehead atoms. The summed E-state index contributed by atoms with van der Waals surface area (Å²) < 4.78 is 10.2. The van der Waals surface area contributed by atoms with E-state index in [1.165, 1.54) is 0 Å². The van der Waals surface area contributed by atoms with E-state index in [2.05, 4.69) is 5.32 Å². The maximum absolute atomic E-state index is 11.6. The summed E-state index contributed by atoms with van der Waals surface area (Å²) in [5.41, 5.74) is 0. The predicted molar refractivity (Wildman–Crippen MR) is 62.9 cm³/mol. The zero-order valence-corrected chi connectivity index (χ0v) is 9.75. The SMILES string of the molecule is COc1ccc(OC(=O)C2NCCS2)cc1. The van der Waals surface area contributed by atoms with E-state index in [1.807, 2.05) is 0 Å². The normalized spacial score (nSPS) is 19.4. The van der Waals surface area contributed by atoms with E-state index in [0.29, 0.717) is 5.75 Å². The average molecular weight is 239 g/mol. The van der Waals surface area contributed by atoms with Crippen LogP contribution in [0.25, 0.3) is 0 Å². The fraction of sp³-hybridized carbons (Fsp3) is 0.364. The Balaban J connectivity index is 1.94. The molecule has 1 atom stereocenters. The molecule has 1 aromatic rings. The van der Waals surface area contributed by atoms with Gasteiger partial charge in [0.05, 0.1) is 7.11 Å². The lowest BCUT2D eigenvalue weighted by atomic mass is 10.3. The molecular weight excluding hydrogens is 226 g/mol. The first kappa shape index (κ1) is 11.3. The second-order valence-electron chi connectivity index (χ2n) is 3.30. The summed E-state index contributed by atoms with van der Waals surface area (Å²) in [7, 11) is 1.60. The summed E-state index contributed by atoms with van der Waals surface area (Å²) in [4.78, 5) is 11.6. The number of rotatable bonds is 3. The number of carbonyl (C=O) groups is 1. The highest BCUT2D eigenvalue weighted by Crippen LogP contribution is 2.20. The highest BCUT2D eigenvalue weighted by molar-refractivity contribution is 8.00. The third-order valence-corrected chi connectivity index (χ3v) is 3.34. The summed E-state index contributed by atoms with van der Waals surface area (Å²) in [6, 6.07) is 6.96. The van der Waals surface area contributed by atoms with E-state index in [0.717, 1.165) is 18.0 Å². The first-order valence-corrected chi connectivity index (χ1v) is 6.05. The maximum atomic E-state index is 11.6. The second-order valence-corrected chi connectivity index (χ2v) is 4.51. The van der Waals surface area contributed by atoms with Gasteiger partial charge < -0.3 is 9.47 Å². The smallest absolute Gasteiger partial charge is 0.339 e. The standard InChI is InChI=1S/C11H13NO3S/c1-14-8-2-4-9(5-3-8)15-11(13)10-12-6-7-16-10/h2-5,10,12H,6-7H2,1H3. The Kier molecular flexibility index (Phi) is 3.69. The fourth-order valence-corrected chi connectivity index (χ4v) is 2.28. The molecule has 4 nitrogen and oxygen atoms in total. The number of esters is 1. The quantitative estimate of drug-likeness (QED) is 0.635. The molecule has 16 heavy (non-hydrogen) atoms. The van der Waals surface area contributed by atoms with E-state index in [1.54, 1.807) is 43.1 Å². The van der Waals surface area contributed by atoms with Gasteiger partial charge in [0, 0.05) is 12.3 Å². The average Bonchev–Trinajstić information content (AvgIpc) is 2.83. The van der Waals surface area contributed by atoms with E-state index < -0.39 is 0 Å². The summed E-state index contributed by atoms with van der Waals surface area (Å²) in [6.07, 6.45) is 0. The molecule has 0 aliphatic carbocycles. The molecular formula is C11H13NO3S.